The van der Waals surface area contributed by atoms with Gasteiger partial charge in [0.25, 0.3) is 15.9 Å². The Hall–Kier alpha value is -3.39. The number of nitro groups is 1. The number of anilines is 2. The second kappa shape index (κ2) is 7.69. The Balaban J connectivity index is 1.73. The fraction of sp³-hybridized carbons (Fsp3) is 0.143. The molecule has 3 rings (SSSR count). The van der Waals surface area contributed by atoms with Crippen molar-refractivity contribution in [3.05, 3.63) is 51.3 Å². The molecule has 0 unspecified atom stereocenters. The van der Waals surface area contributed by atoms with Gasteiger partial charge in [0, 0.05) is 5.69 Å². The normalized spacial score (nSPS) is 11.2. The molecule has 0 aliphatic rings. The van der Waals surface area contributed by atoms with Crippen LogP contribution in [0.2, 0.25) is 0 Å². The molecule has 0 atom stereocenters. The van der Waals surface area contributed by atoms with Crippen LogP contribution >= 0.6 is 11.3 Å². The summed E-state index contributed by atoms with van der Waals surface area (Å²) >= 11 is 1.13. The number of benzene rings is 1. The molecular formula is C14H13N7O5S2. The number of H-pyrrole nitrogens is 1. The Morgan fingerprint density at radius 1 is 1.29 bits per heavy atom. The van der Waals surface area contributed by atoms with Gasteiger partial charge in [0.05, 0.1) is 9.82 Å². The van der Waals surface area contributed by atoms with E-state index in [0.29, 0.717) is 11.4 Å². The molecule has 0 fully saturated rings. The molecule has 12 nitrogen and oxygen atoms in total. The van der Waals surface area contributed by atoms with Crippen molar-refractivity contribution in [1.29, 1.82) is 0 Å². The van der Waals surface area contributed by atoms with Crippen molar-refractivity contribution in [2.24, 2.45) is 0 Å². The molecule has 0 aliphatic heterocycles. The number of aromatic nitrogens is 4. The first kappa shape index (κ1) is 19.4. The number of carbonyl (C=O) groups is 1. The van der Waals surface area contributed by atoms with E-state index >= 15 is 0 Å². The summed E-state index contributed by atoms with van der Waals surface area (Å²) in [5.74, 6) is -0.779. The number of hydrogen-bond donors (Lipinski definition) is 3. The van der Waals surface area contributed by atoms with Gasteiger partial charge in [0.15, 0.2) is 0 Å². The van der Waals surface area contributed by atoms with Crippen molar-refractivity contribution < 1.29 is 18.1 Å². The first-order valence-corrected chi connectivity index (χ1v) is 10.0. The fourth-order valence-electron chi connectivity index (χ4n) is 2.11. The third-order valence-corrected chi connectivity index (χ3v) is 5.92. The van der Waals surface area contributed by atoms with Crippen LogP contribution in [0.1, 0.15) is 22.4 Å². The second-order valence-corrected chi connectivity index (χ2v) is 8.07. The zero-order valence-corrected chi connectivity index (χ0v) is 15.9. The Morgan fingerprint density at radius 3 is 2.61 bits per heavy atom. The highest BCUT2D eigenvalue weighted by Crippen LogP contribution is 2.22. The van der Waals surface area contributed by atoms with Gasteiger partial charge in [-0.1, -0.05) is 18.3 Å². The first-order chi connectivity index (χ1) is 13.3. The molecule has 3 aromatic rings. The Bertz CT molecular complexity index is 1120. The summed E-state index contributed by atoms with van der Waals surface area (Å²) < 4.78 is 27.1. The van der Waals surface area contributed by atoms with Crippen molar-refractivity contribution in [2.75, 3.05) is 10.0 Å². The summed E-state index contributed by atoms with van der Waals surface area (Å²) in [7, 11) is -3.87. The van der Waals surface area contributed by atoms with E-state index in [9.17, 15) is 23.3 Å². The lowest BCUT2D eigenvalue weighted by atomic mass is 10.3. The third kappa shape index (κ3) is 4.12. The lowest BCUT2D eigenvalue weighted by Gasteiger charge is -2.07. The second-order valence-electron chi connectivity index (χ2n) is 5.33. The van der Waals surface area contributed by atoms with Crippen LogP contribution in [0.25, 0.3) is 0 Å². The monoisotopic (exact) mass is 423 g/mol. The molecule has 0 radical (unpaired) electrons. The number of nitrogens with zero attached hydrogens (tertiary/aromatic N) is 4. The molecule has 0 aliphatic carbocycles. The van der Waals surface area contributed by atoms with Crippen LogP contribution in [-0.4, -0.2) is 39.6 Å². The lowest BCUT2D eigenvalue weighted by molar-refractivity contribution is -0.385. The molecule has 0 saturated heterocycles. The van der Waals surface area contributed by atoms with Gasteiger partial charge in [0.2, 0.25) is 10.8 Å². The maximum absolute atomic E-state index is 12.4. The van der Waals surface area contributed by atoms with Gasteiger partial charge < -0.3 is 5.32 Å². The topological polar surface area (TPSA) is 173 Å². The van der Waals surface area contributed by atoms with E-state index in [-0.39, 0.29) is 21.4 Å². The van der Waals surface area contributed by atoms with Crippen molar-refractivity contribution in [2.45, 2.75) is 18.2 Å². The van der Waals surface area contributed by atoms with Crippen LogP contribution in [0.4, 0.5) is 16.5 Å². The zero-order chi connectivity index (χ0) is 20.3. The number of amides is 1. The Kier molecular flexibility index (Phi) is 5.32. The van der Waals surface area contributed by atoms with E-state index < -0.39 is 26.5 Å². The SMILES string of the molecule is CCc1nnc(NS(=O)(=O)c2ccc(NC(=O)c3[nH]ncc3[N+](=O)[O-])cc2)s1. The van der Waals surface area contributed by atoms with Gasteiger partial charge in [-0.25, -0.2) is 8.42 Å². The summed E-state index contributed by atoms with van der Waals surface area (Å²) in [6, 6.07) is 5.26. The van der Waals surface area contributed by atoms with Crippen LogP contribution in [0, 0.1) is 10.1 Å². The highest BCUT2D eigenvalue weighted by molar-refractivity contribution is 7.93. The highest BCUT2D eigenvalue weighted by atomic mass is 32.2. The van der Waals surface area contributed by atoms with Gasteiger partial charge in [0.1, 0.15) is 11.2 Å². The van der Waals surface area contributed by atoms with E-state index in [1.165, 1.54) is 24.3 Å². The van der Waals surface area contributed by atoms with Crippen LogP contribution < -0.4 is 10.0 Å². The molecule has 14 heteroatoms. The largest absolute Gasteiger partial charge is 0.320 e. The fourth-order valence-corrected chi connectivity index (χ4v) is 4.02. The minimum Gasteiger partial charge on any atom is -0.320 e. The van der Waals surface area contributed by atoms with Gasteiger partial charge >= 0.3 is 5.69 Å². The Labute approximate surface area is 162 Å². The van der Waals surface area contributed by atoms with Gasteiger partial charge in [-0.2, -0.15) is 5.10 Å². The molecule has 28 heavy (non-hydrogen) atoms. The molecule has 1 amide bonds. The van der Waals surface area contributed by atoms with Crippen LogP contribution in [0.5, 0.6) is 0 Å². The zero-order valence-electron chi connectivity index (χ0n) is 14.2. The molecule has 0 saturated carbocycles. The number of aromatic amines is 1. The van der Waals surface area contributed by atoms with Gasteiger partial charge in [-0.15, -0.1) is 10.2 Å². The van der Waals surface area contributed by atoms with Crippen molar-refractivity contribution in [3.8, 4) is 0 Å². The minimum absolute atomic E-state index is 0.0498. The highest BCUT2D eigenvalue weighted by Gasteiger charge is 2.23. The Morgan fingerprint density at radius 2 is 2.00 bits per heavy atom. The van der Waals surface area contributed by atoms with E-state index in [1.54, 1.807) is 0 Å². The lowest BCUT2D eigenvalue weighted by Crippen LogP contribution is -2.15. The molecule has 146 valence electrons. The van der Waals surface area contributed by atoms with E-state index in [4.69, 9.17) is 0 Å². The van der Waals surface area contributed by atoms with Crippen molar-refractivity contribution in [1.82, 2.24) is 20.4 Å². The predicted molar refractivity (Wildman–Crippen MR) is 99.7 cm³/mol. The summed E-state index contributed by atoms with van der Waals surface area (Å²) in [4.78, 5) is 22.2. The molecular weight excluding hydrogens is 410 g/mol. The maximum Gasteiger partial charge on any atom is 0.319 e. The number of sulfonamides is 1. The van der Waals surface area contributed by atoms with Crippen LogP contribution in [0.15, 0.2) is 35.4 Å². The van der Waals surface area contributed by atoms with Crippen molar-refractivity contribution >= 4 is 43.8 Å². The number of hydrogen-bond acceptors (Lipinski definition) is 9. The standard InChI is InChI=1S/C14H13N7O5S2/c1-2-11-17-19-14(27-11)20-28(25,26)9-5-3-8(4-6-9)16-13(22)12-10(21(23)24)7-15-18-12/h3-7H,2H2,1H3,(H,15,18)(H,16,22)(H,19,20). The van der Waals surface area contributed by atoms with Crippen LogP contribution in [-0.2, 0) is 16.4 Å². The summed E-state index contributed by atoms with van der Waals surface area (Å²) in [6.07, 6.45) is 1.57. The number of carbonyl (C=O) groups excluding carboxylic acids is 1. The third-order valence-electron chi connectivity index (χ3n) is 3.46. The summed E-state index contributed by atoms with van der Waals surface area (Å²) in [5, 5.41) is 27.5. The number of rotatable bonds is 7. The molecule has 0 bridgehead atoms. The van der Waals surface area contributed by atoms with Gasteiger partial charge in [-0.05, 0) is 30.7 Å². The number of aryl methyl sites for hydroxylation is 1. The maximum atomic E-state index is 12.4. The van der Waals surface area contributed by atoms with Crippen LogP contribution in [0.3, 0.4) is 0 Å². The van der Waals surface area contributed by atoms with Gasteiger partial charge in [-0.3, -0.25) is 24.7 Å². The van der Waals surface area contributed by atoms with E-state index in [2.05, 4.69) is 30.4 Å². The molecule has 0 spiro atoms. The van der Waals surface area contributed by atoms with E-state index in [1.807, 2.05) is 6.92 Å². The quantitative estimate of drug-likeness (QED) is 0.381. The van der Waals surface area contributed by atoms with Crippen molar-refractivity contribution in [3.63, 3.8) is 0 Å². The smallest absolute Gasteiger partial charge is 0.319 e. The molecule has 1 aromatic carbocycles. The average molecular weight is 423 g/mol. The summed E-state index contributed by atoms with van der Waals surface area (Å²) in [5.41, 5.74) is -0.534. The van der Waals surface area contributed by atoms with E-state index in [0.717, 1.165) is 17.5 Å². The minimum atomic E-state index is -3.87. The first-order valence-electron chi connectivity index (χ1n) is 7.74. The number of nitrogens with one attached hydrogen (secondary N) is 3. The average Bonchev–Trinajstić information content (AvgIpc) is 3.31. The molecule has 2 aromatic heterocycles. The molecule has 3 N–H and O–H groups in total. The molecule has 2 heterocycles. The predicted octanol–water partition coefficient (Wildman–Crippen LogP) is 1.78. The summed E-state index contributed by atoms with van der Waals surface area (Å²) in [6.45, 7) is 1.88.